The molecule has 0 bridgehead atoms. The van der Waals surface area contributed by atoms with Gasteiger partial charge in [0, 0.05) is 31.0 Å². The molecular formula is C17H22ClNOS. The number of nitrogens with one attached hydrogen (secondary N) is 1. The topological polar surface area (TPSA) is 21.3 Å². The molecule has 1 aromatic carbocycles. The van der Waals surface area contributed by atoms with E-state index in [0.29, 0.717) is 5.92 Å². The first kappa shape index (κ1) is 16.5. The fourth-order valence-corrected chi connectivity index (χ4v) is 3.55. The summed E-state index contributed by atoms with van der Waals surface area (Å²) in [4.78, 5) is 1.33. The maximum absolute atomic E-state index is 6.05. The van der Waals surface area contributed by atoms with Crippen molar-refractivity contribution in [3.8, 4) is 0 Å². The average Bonchev–Trinajstić information content (AvgIpc) is 2.87. The molecule has 114 valence electrons. The molecule has 0 saturated heterocycles. The Balaban J connectivity index is 2.06. The second-order valence-electron chi connectivity index (χ2n) is 5.22. The zero-order valence-electron chi connectivity index (χ0n) is 12.6. The molecule has 0 saturated carbocycles. The van der Waals surface area contributed by atoms with Crippen LogP contribution in [0.3, 0.4) is 0 Å². The summed E-state index contributed by atoms with van der Waals surface area (Å²) in [6.07, 6.45) is 1.01. The SMILES string of the molecule is COCCNCC(Cc1ccc(Cl)s1)c1cccc(C)c1. The molecule has 1 atom stereocenters. The molecule has 21 heavy (non-hydrogen) atoms. The van der Waals surface area contributed by atoms with Crippen LogP contribution in [0.15, 0.2) is 36.4 Å². The first-order valence-electron chi connectivity index (χ1n) is 7.19. The quantitative estimate of drug-likeness (QED) is 0.732. The van der Waals surface area contributed by atoms with Gasteiger partial charge in [-0.15, -0.1) is 11.3 Å². The molecule has 2 aromatic rings. The number of benzene rings is 1. The number of hydrogen-bond donors (Lipinski definition) is 1. The number of thiophene rings is 1. The van der Waals surface area contributed by atoms with Gasteiger partial charge in [-0.25, -0.2) is 0 Å². The minimum atomic E-state index is 0.455. The Morgan fingerprint density at radius 3 is 2.81 bits per heavy atom. The van der Waals surface area contributed by atoms with Crippen LogP contribution in [0.25, 0.3) is 0 Å². The van der Waals surface area contributed by atoms with Gasteiger partial charge in [0.1, 0.15) is 0 Å². The molecule has 1 aromatic heterocycles. The number of halogens is 1. The molecule has 2 nitrogen and oxygen atoms in total. The van der Waals surface area contributed by atoms with Crippen molar-refractivity contribution >= 4 is 22.9 Å². The van der Waals surface area contributed by atoms with E-state index in [1.165, 1.54) is 16.0 Å². The molecule has 0 aliphatic carbocycles. The van der Waals surface area contributed by atoms with Gasteiger partial charge in [-0.1, -0.05) is 41.4 Å². The molecule has 0 spiro atoms. The minimum Gasteiger partial charge on any atom is -0.383 e. The number of ether oxygens (including phenoxy) is 1. The molecule has 4 heteroatoms. The van der Waals surface area contributed by atoms with Gasteiger partial charge < -0.3 is 10.1 Å². The van der Waals surface area contributed by atoms with Crippen molar-refractivity contribution in [3.05, 3.63) is 56.7 Å². The Hall–Kier alpha value is -0.870. The van der Waals surface area contributed by atoms with Crippen molar-refractivity contribution < 1.29 is 4.74 Å². The van der Waals surface area contributed by atoms with E-state index in [4.69, 9.17) is 16.3 Å². The van der Waals surface area contributed by atoms with E-state index in [1.807, 2.05) is 6.07 Å². The Kier molecular flexibility index (Phi) is 6.71. The first-order valence-corrected chi connectivity index (χ1v) is 8.39. The molecule has 1 N–H and O–H groups in total. The lowest BCUT2D eigenvalue weighted by atomic mass is 9.93. The van der Waals surface area contributed by atoms with Crippen LogP contribution < -0.4 is 5.32 Å². The van der Waals surface area contributed by atoms with Gasteiger partial charge in [-0.05, 0) is 31.0 Å². The zero-order chi connectivity index (χ0) is 15.1. The van der Waals surface area contributed by atoms with Gasteiger partial charge in [-0.2, -0.15) is 0 Å². The fourth-order valence-electron chi connectivity index (χ4n) is 2.39. The Bertz CT molecular complexity index is 555. The van der Waals surface area contributed by atoms with Crippen LogP contribution in [0.4, 0.5) is 0 Å². The summed E-state index contributed by atoms with van der Waals surface area (Å²) < 4.78 is 5.95. The number of aryl methyl sites for hydroxylation is 1. The van der Waals surface area contributed by atoms with Gasteiger partial charge in [0.15, 0.2) is 0 Å². The summed E-state index contributed by atoms with van der Waals surface area (Å²) in [7, 11) is 1.73. The molecule has 1 heterocycles. The van der Waals surface area contributed by atoms with Crippen molar-refractivity contribution in [1.82, 2.24) is 5.32 Å². The maximum atomic E-state index is 6.05. The average molecular weight is 324 g/mol. The molecule has 2 rings (SSSR count). The molecule has 0 amide bonds. The van der Waals surface area contributed by atoms with Gasteiger partial charge in [-0.3, -0.25) is 0 Å². The number of rotatable bonds is 8. The molecule has 0 aliphatic heterocycles. The summed E-state index contributed by atoms with van der Waals surface area (Å²) in [6, 6.07) is 12.9. The predicted octanol–water partition coefficient (Wildman–Crippen LogP) is 4.27. The smallest absolute Gasteiger partial charge is 0.0931 e. The molecule has 0 aliphatic rings. The first-order chi connectivity index (χ1) is 10.2. The molecule has 1 unspecified atom stereocenters. The third-order valence-electron chi connectivity index (χ3n) is 3.46. The van der Waals surface area contributed by atoms with Gasteiger partial charge >= 0.3 is 0 Å². The predicted molar refractivity (Wildman–Crippen MR) is 91.7 cm³/mol. The largest absolute Gasteiger partial charge is 0.383 e. The minimum absolute atomic E-state index is 0.455. The molecular weight excluding hydrogens is 302 g/mol. The van der Waals surface area contributed by atoms with E-state index >= 15 is 0 Å². The summed E-state index contributed by atoms with van der Waals surface area (Å²) in [5.74, 6) is 0.455. The Labute approximate surface area is 136 Å². The Morgan fingerprint density at radius 1 is 1.29 bits per heavy atom. The zero-order valence-corrected chi connectivity index (χ0v) is 14.1. The van der Waals surface area contributed by atoms with Gasteiger partial charge in [0.2, 0.25) is 0 Å². The third-order valence-corrected chi connectivity index (χ3v) is 4.72. The van der Waals surface area contributed by atoms with Crippen molar-refractivity contribution in [3.63, 3.8) is 0 Å². The van der Waals surface area contributed by atoms with Crippen LogP contribution in [0, 0.1) is 6.92 Å². The normalized spacial score (nSPS) is 12.5. The van der Waals surface area contributed by atoms with Gasteiger partial charge in [0.05, 0.1) is 10.9 Å². The second-order valence-corrected chi connectivity index (χ2v) is 7.02. The van der Waals surface area contributed by atoms with Crippen molar-refractivity contribution in [1.29, 1.82) is 0 Å². The number of hydrogen-bond acceptors (Lipinski definition) is 3. The van der Waals surface area contributed by atoms with E-state index < -0.39 is 0 Å². The van der Waals surface area contributed by atoms with E-state index in [2.05, 4.69) is 42.6 Å². The lowest BCUT2D eigenvalue weighted by Crippen LogP contribution is -2.26. The van der Waals surface area contributed by atoms with Crippen molar-refractivity contribution in [2.24, 2.45) is 0 Å². The standard InChI is InChI=1S/C17H22ClNOS/c1-13-4-3-5-14(10-13)15(12-19-8-9-20-2)11-16-6-7-17(18)21-16/h3-7,10,15,19H,8-9,11-12H2,1-2H3. The summed E-state index contributed by atoms with van der Waals surface area (Å²) >= 11 is 7.72. The summed E-state index contributed by atoms with van der Waals surface area (Å²) in [5, 5.41) is 3.48. The highest BCUT2D eigenvalue weighted by Crippen LogP contribution is 2.28. The highest BCUT2D eigenvalue weighted by molar-refractivity contribution is 7.16. The molecule has 0 radical (unpaired) electrons. The Morgan fingerprint density at radius 2 is 2.14 bits per heavy atom. The fraction of sp³-hybridized carbons (Fsp3) is 0.412. The molecule has 0 fully saturated rings. The lowest BCUT2D eigenvalue weighted by molar-refractivity contribution is 0.199. The highest BCUT2D eigenvalue weighted by atomic mass is 35.5. The third kappa shape index (κ3) is 5.44. The number of methoxy groups -OCH3 is 1. The van der Waals surface area contributed by atoms with E-state index in [1.54, 1.807) is 18.4 Å². The van der Waals surface area contributed by atoms with Gasteiger partial charge in [0.25, 0.3) is 0 Å². The summed E-state index contributed by atoms with van der Waals surface area (Å²) in [6.45, 7) is 4.71. The van der Waals surface area contributed by atoms with Crippen LogP contribution in [-0.4, -0.2) is 26.8 Å². The van der Waals surface area contributed by atoms with Crippen LogP contribution in [0.2, 0.25) is 4.34 Å². The van der Waals surface area contributed by atoms with E-state index in [9.17, 15) is 0 Å². The second kappa shape index (κ2) is 8.54. The summed E-state index contributed by atoms with van der Waals surface area (Å²) in [5.41, 5.74) is 2.68. The lowest BCUT2D eigenvalue weighted by Gasteiger charge is -2.18. The monoisotopic (exact) mass is 323 g/mol. The van der Waals surface area contributed by atoms with Crippen molar-refractivity contribution in [2.75, 3.05) is 26.8 Å². The van der Waals surface area contributed by atoms with Crippen LogP contribution in [-0.2, 0) is 11.2 Å². The van der Waals surface area contributed by atoms with E-state index in [-0.39, 0.29) is 0 Å². The van der Waals surface area contributed by atoms with Crippen LogP contribution in [0.5, 0.6) is 0 Å². The maximum Gasteiger partial charge on any atom is 0.0931 e. The van der Waals surface area contributed by atoms with E-state index in [0.717, 1.165) is 30.5 Å². The van der Waals surface area contributed by atoms with Crippen LogP contribution >= 0.6 is 22.9 Å². The van der Waals surface area contributed by atoms with Crippen molar-refractivity contribution in [2.45, 2.75) is 19.3 Å². The van der Waals surface area contributed by atoms with Crippen LogP contribution in [0.1, 0.15) is 21.9 Å². The highest BCUT2D eigenvalue weighted by Gasteiger charge is 2.13.